The predicted octanol–water partition coefficient (Wildman–Crippen LogP) is 2.90. The van der Waals surface area contributed by atoms with Crippen LogP contribution in [-0.4, -0.2) is 30.0 Å². The SMILES string of the molecule is Cc1cccc2[nH]c3c(c12)CC(N(C)C)CC3. The second-order valence-corrected chi connectivity index (χ2v) is 5.44. The molecular formula is C15H20N2. The third-order valence-corrected chi connectivity index (χ3v) is 4.12. The number of rotatable bonds is 1. The molecule has 1 aliphatic rings. The second-order valence-electron chi connectivity index (χ2n) is 5.44. The molecule has 2 heteroatoms. The van der Waals surface area contributed by atoms with Gasteiger partial charge in [0, 0.05) is 22.6 Å². The van der Waals surface area contributed by atoms with Gasteiger partial charge in [-0.1, -0.05) is 12.1 Å². The zero-order chi connectivity index (χ0) is 12.0. The summed E-state index contributed by atoms with van der Waals surface area (Å²) < 4.78 is 0. The van der Waals surface area contributed by atoms with E-state index in [9.17, 15) is 0 Å². The zero-order valence-corrected chi connectivity index (χ0v) is 10.9. The Morgan fingerprint density at radius 3 is 2.88 bits per heavy atom. The van der Waals surface area contributed by atoms with Gasteiger partial charge in [0.1, 0.15) is 0 Å². The van der Waals surface area contributed by atoms with Crippen LogP contribution in [0.1, 0.15) is 23.2 Å². The molecule has 3 rings (SSSR count). The van der Waals surface area contributed by atoms with E-state index in [4.69, 9.17) is 0 Å². The number of benzene rings is 1. The maximum absolute atomic E-state index is 3.60. The maximum atomic E-state index is 3.60. The number of H-pyrrole nitrogens is 1. The molecular weight excluding hydrogens is 208 g/mol. The lowest BCUT2D eigenvalue weighted by atomic mass is 9.90. The summed E-state index contributed by atoms with van der Waals surface area (Å²) in [5.74, 6) is 0. The first-order valence-corrected chi connectivity index (χ1v) is 6.42. The van der Waals surface area contributed by atoms with Gasteiger partial charge in [-0.25, -0.2) is 0 Å². The molecule has 1 aliphatic carbocycles. The van der Waals surface area contributed by atoms with Crippen LogP contribution in [0.4, 0.5) is 0 Å². The van der Waals surface area contributed by atoms with E-state index in [1.165, 1.54) is 41.4 Å². The summed E-state index contributed by atoms with van der Waals surface area (Å²) in [6.45, 7) is 2.22. The molecule has 0 saturated heterocycles. The Balaban J connectivity index is 2.14. The fourth-order valence-corrected chi connectivity index (χ4v) is 3.09. The van der Waals surface area contributed by atoms with Gasteiger partial charge in [0.2, 0.25) is 0 Å². The molecule has 90 valence electrons. The summed E-state index contributed by atoms with van der Waals surface area (Å²) in [6, 6.07) is 7.26. The summed E-state index contributed by atoms with van der Waals surface area (Å²) in [4.78, 5) is 5.96. The molecule has 0 spiro atoms. The highest BCUT2D eigenvalue weighted by Crippen LogP contribution is 2.32. The predicted molar refractivity (Wildman–Crippen MR) is 72.5 cm³/mol. The van der Waals surface area contributed by atoms with Crippen LogP contribution in [0.3, 0.4) is 0 Å². The first-order chi connectivity index (χ1) is 8.16. The largest absolute Gasteiger partial charge is 0.358 e. The molecule has 0 radical (unpaired) electrons. The Kier molecular flexibility index (Phi) is 2.48. The van der Waals surface area contributed by atoms with Crippen molar-refractivity contribution in [1.82, 2.24) is 9.88 Å². The van der Waals surface area contributed by atoms with Gasteiger partial charge in [-0.15, -0.1) is 0 Å². The van der Waals surface area contributed by atoms with Crippen LogP contribution < -0.4 is 0 Å². The average molecular weight is 228 g/mol. The number of aromatic amines is 1. The van der Waals surface area contributed by atoms with Gasteiger partial charge < -0.3 is 9.88 Å². The molecule has 0 fully saturated rings. The van der Waals surface area contributed by atoms with E-state index in [0.717, 1.165) is 0 Å². The summed E-state index contributed by atoms with van der Waals surface area (Å²) in [7, 11) is 4.38. The van der Waals surface area contributed by atoms with Gasteiger partial charge in [0.25, 0.3) is 0 Å². The van der Waals surface area contributed by atoms with Crippen LogP contribution in [0.2, 0.25) is 0 Å². The lowest BCUT2D eigenvalue weighted by Gasteiger charge is -2.28. The first-order valence-electron chi connectivity index (χ1n) is 6.42. The van der Waals surface area contributed by atoms with Crippen LogP contribution in [0, 0.1) is 6.92 Å². The van der Waals surface area contributed by atoms with Crippen molar-refractivity contribution in [3.63, 3.8) is 0 Å². The van der Waals surface area contributed by atoms with Crippen LogP contribution >= 0.6 is 0 Å². The zero-order valence-electron chi connectivity index (χ0n) is 10.9. The highest BCUT2D eigenvalue weighted by molar-refractivity contribution is 5.88. The lowest BCUT2D eigenvalue weighted by Crippen LogP contribution is -2.33. The number of aromatic nitrogens is 1. The van der Waals surface area contributed by atoms with E-state index in [0.29, 0.717) is 6.04 Å². The molecule has 0 aliphatic heterocycles. The molecule has 1 aromatic carbocycles. The molecule has 0 bridgehead atoms. The number of hydrogen-bond acceptors (Lipinski definition) is 1. The maximum Gasteiger partial charge on any atom is 0.0461 e. The van der Waals surface area contributed by atoms with Crippen molar-refractivity contribution in [1.29, 1.82) is 0 Å². The number of hydrogen-bond donors (Lipinski definition) is 1. The van der Waals surface area contributed by atoms with Crippen LogP contribution in [-0.2, 0) is 12.8 Å². The van der Waals surface area contributed by atoms with E-state index < -0.39 is 0 Å². The van der Waals surface area contributed by atoms with Crippen molar-refractivity contribution < 1.29 is 0 Å². The third-order valence-electron chi connectivity index (χ3n) is 4.12. The molecule has 1 heterocycles. The Morgan fingerprint density at radius 2 is 2.12 bits per heavy atom. The Labute approximate surface area is 103 Å². The van der Waals surface area contributed by atoms with Crippen molar-refractivity contribution in [2.75, 3.05) is 14.1 Å². The number of aryl methyl sites for hydroxylation is 2. The molecule has 2 aromatic rings. The van der Waals surface area contributed by atoms with Gasteiger partial charge in [-0.2, -0.15) is 0 Å². The number of likely N-dealkylation sites (N-methyl/N-ethyl adjacent to an activating group) is 1. The molecule has 1 N–H and O–H groups in total. The standard InChI is InChI=1S/C15H20N2/c1-10-5-4-6-14-15(10)12-9-11(17(2)3)7-8-13(12)16-14/h4-6,11,16H,7-9H2,1-3H3. The van der Waals surface area contributed by atoms with Crippen molar-refractivity contribution >= 4 is 10.9 Å². The molecule has 0 saturated carbocycles. The Hall–Kier alpha value is -1.28. The highest BCUT2D eigenvalue weighted by Gasteiger charge is 2.24. The highest BCUT2D eigenvalue weighted by atomic mass is 15.1. The van der Waals surface area contributed by atoms with E-state index in [1.54, 1.807) is 5.56 Å². The molecule has 1 atom stereocenters. The Morgan fingerprint density at radius 1 is 1.29 bits per heavy atom. The molecule has 1 unspecified atom stereocenters. The average Bonchev–Trinajstić information content (AvgIpc) is 2.67. The van der Waals surface area contributed by atoms with E-state index in [2.05, 4.69) is 49.1 Å². The minimum atomic E-state index is 0.695. The minimum Gasteiger partial charge on any atom is -0.358 e. The Bertz CT molecular complexity index is 551. The second kappa shape index (κ2) is 3.88. The van der Waals surface area contributed by atoms with Gasteiger partial charge >= 0.3 is 0 Å². The third kappa shape index (κ3) is 1.67. The minimum absolute atomic E-state index is 0.695. The summed E-state index contributed by atoms with van der Waals surface area (Å²) >= 11 is 0. The molecule has 0 amide bonds. The normalized spacial score (nSPS) is 19.9. The first kappa shape index (κ1) is 10.8. The van der Waals surface area contributed by atoms with Gasteiger partial charge in [0.05, 0.1) is 0 Å². The lowest BCUT2D eigenvalue weighted by molar-refractivity contribution is 0.268. The van der Waals surface area contributed by atoms with Gasteiger partial charge in [0.15, 0.2) is 0 Å². The van der Waals surface area contributed by atoms with E-state index in [1.807, 2.05) is 0 Å². The van der Waals surface area contributed by atoms with Crippen molar-refractivity contribution in [2.24, 2.45) is 0 Å². The van der Waals surface area contributed by atoms with Crippen molar-refractivity contribution in [2.45, 2.75) is 32.2 Å². The van der Waals surface area contributed by atoms with Gasteiger partial charge in [-0.3, -0.25) is 0 Å². The number of fused-ring (bicyclic) bond motifs is 3. The van der Waals surface area contributed by atoms with Crippen LogP contribution in [0.25, 0.3) is 10.9 Å². The van der Waals surface area contributed by atoms with E-state index in [-0.39, 0.29) is 0 Å². The summed E-state index contributed by atoms with van der Waals surface area (Å²) in [5, 5.41) is 1.47. The molecule has 1 aromatic heterocycles. The van der Waals surface area contributed by atoms with Crippen LogP contribution in [0.5, 0.6) is 0 Å². The molecule has 17 heavy (non-hydrogen) atoms. The smallest absolute Gasteiger partial charge is 0.0461 e. The topological polar surface area (TPSA) is 19.0 Å². The quantitative estimate of drug-likeness (QED) is 0.795. The fourth-order valence-electron chi connectivity index (χ4n) is 3.09. The van der Waals surface area contributed by atoms with Gasteiger partial charge in [-0.05, 0) is 57.5 Å². The monoisotopic (exact) mass is 228 g/mol. The number of nitrogens with one attached hydrogen (secondary N) is 1. The summed E-state index contributed by atoms with van der Waals surface area (Å²) in [5.41, 5.74) is 5.74. The van der Waals surface area contributed by atoms with E-state index >= 15 is 0 Å². The van der Waals surface area contributed by atoms with Crippen LogP contribution in [0.15, 0.2) is 18.2 Å². The molecule has 2 nitrogen and oxygen atoms in total. The fraction of sp³-hybridized carbons (Fsp3) is 0.467. The van der Waals surface area contributed by atoms with Crippen molar-refractivity contribution in [3.05, 3.63) is 35.0 Å². The number of nitrogens with zero attached hydrogens (tertiary/aromatic N) is 1. The van der Waals surface area contributed by atoms with Crippen molar-refractivity contribution in [3.8, 4) is 0 Å². The summed E-state index contributed by atoms with van der Waals surface area (Å²) in [6.07, 6.45) is 3.64.